The molecular weight excluding hydrogens is 180 g/mol. The predicted octanol–water partition coefficient (Wildman–Crippen LogP) is 1.34. The number of ether oxygens (including phenoxy) is 1. The van der Waals surface area contributed by atoms with E-state index >= 15 is 0 Å². The molecule has 0 spiro atoms. The summed E-state index contributed by atoms with van der Waals surface area (Å²) in [5.74, 6) is 0. The second-order valence-corrected chi connectivity index (χ2v) is 3.75. The summed E-state index contributed by atoms with van der Waals surface area (Å²) >= 11 is 0. The normalized spacial score (nSPS) is 26.2. The Labute approximate surface area is 85.4 Å². The van der Waals surface area contributed by atoms with Gasteiger partial charge >= 0.3 is 6.09 Å². The lowest BCUT2D eigenvalue weighted by Gasteiger charge is -2.21. The molecule has 2 atom stereocenters. The smallest absolute Gasteiger partial charge is 0.410 e. The molecule has 0 aromatic heterocycles. The van der Waals surface area contributed by atoms with Crippen LogP contribution >= 0.6 is 0 Å². The van der Waals surface area contributed by atoms with Gasteiger partial charge < -0.3 is 15.4 Å². The van der Waals surface area contributed by atoms with E-state index in [1.54, 1.807) is 4.90 Å². The van der Waals surface area contributed by atoms with Crippen molar-refractivity contribution >= 4 is 6.09 Å². The Bertz CT molecular complexity index is 193. The molecule has 0 bridgehead atoms. The van der Waals surface area contributed by atoms with Gasteiger partial charge in [0.15, 0.2) is 0 Å². The molecule has 4 heteroatoms. The molecule has 2 unspecified atom stereocenters. The Hall–Kier alpha value is -0.770. The van der Waals surface area contributed by atoms with E-state index in [-0.39, 0.29) is 18.2 Å². The molecule has 1 rings (SSSR count). The average molecular weight is 200 g/mol. The van der Waals surface area contributed by atoms with Gasteiger partial charge in [-0.15, -0.1) is 0 Å². The first-order valence-electron chi connectivity index (χ1n) is 5.38. The van der Waals surface area contributed by atoms with Crippen LogP contribution in [-0.4, -0.2) is 36.2 Å². The molecule has 1 aliphatic carbocycles. The van der Waals surface area contributed by atoms with Crippen molar-refractivity contribution in [1.82, 2.24) is 4.90 Å². The second kappa shape index (κ2) is 5.20. The third-order valence-corrected chi connectivity index (χ3v) is 2.71. The van der Waals surface area contributed by atoms with Crippen LogP contribution in [0.25, 0.3) is 0 Å². The van der Waals surface area contributed by atoms with Crippen molar-refractivity contribution in [3.05, 3.63) is 0 Å². The molecular formula is C10H20N2O2. The zero-order valence-corrected chi connectivity index (χ0v) is 9.03. The molecule has 4 nitrogen and oxygen atoms in total. The topological polar surface area (TPSA) is 55.6 Å². The number of amides is 1. The summed E-state index contributed by atoms with van der Waals surface area (Å²) in [6.07, 6.45) is 2.53. The van der Waals surface area contributed by atoms with E-state index in [1.165, 1.54) is 0 Å². The fourth-order valence-corrected chi connectivity index (χ4v) is 1.78. The van der Waals surface area contributed by atoms with Gasteiger partial charge in [-0.2, -0.15) is 0 Å². The molecule has 1 fully saturated rings. The van der Waals surface area contributed by atoms with E-state index in [4.69, 9.17) is 10.5 Å². The summed E-state index contributed by atoms with van der Waals surface area (Å²) < 4.78 is 5.33. The van der Waals surface area contributed by atoms with Crippen molar-refractivity contribution < 1.29 is 9.53 Å². The maximum absolute atomic E-state index is 11.5. The van der Waals surface area contributed by atoms with Crippen molar-refractivity contribution in [3.63, 3.8) is 0 Å². The molecule has 0 saturated heterocycles. The van der Waals surface area contributed by atoms with Gasteiger partial charge in [0.25, 0.3) is 0 Å². The van der Waals surface area contributed by atoms with Crippen molar-refractivity contribution in [2.45, 2.75) is 45.3 Å². The highest BCUT2D eigenvalue weighted by Crippen LogP contribution is 2.20. The number of nitrogens with zero attached hydrogens (tertiary/aromatic N) is 1. The van der Waals surface area contributed by atoms with Gasteiger partial charge in [-0.3, -0.25) is 0 Å². The zero-order valence-electron chi connectivity index (χ0n) is 9.03. The van der Waals surface area contributed by atoms with Crippen molar-refractivity contribution in [2.24, 2.45) is 5.73 Å². The number of rotatable bonds is 3. The molecule has 0 aromatic carbocycles. The lowest BCUT2D eigenvalue weighted by Crippen LogP contribution is -2.33. The van der Waals surface area contributed by atoms with E-state index in [2.05, 4.69) is 0 Å². The monoisotopic (exact) mass is 200 g/mol. The fourth-order valence-electron chi connectivity index (χ4n) is 1.78. The van der Waals surface area contributed by atoms with Crippen molar-refractivity contribution in [1.29, 1.82) is 0 Å². The number of nitrogens with two attached hydrogens (primary N) is 1. The summed E-state index contributed by atoms with van der Waals surface area (Å²) in [4.78, 5) is 13.2. The van der Waals surface area contributed by atoms with Gasteiger partial charge in [-0.05, 0) is 33.1 Å². The Balaban J connectivity index is 2.32. The van der Waals surface area contributed by atoms with E-state index in [0.29, 0.717) is 13.1 Å². The molecule has 2 N–H and O–H groups in total. The number of hydrogen-bond acceptors (Lipinski definition) is 3. The first-order chi connectivity index (χ1) is 6.67. The van der Waals surface area contributed by atoms with Crippen LogP contribution in [0.5, 0.6) is 0 Å². The van der Waals surface area contributed by atoms with Gasteiger partial charge in [-0.1, -0.05) is 0 Å². The van der Waals surface area contributed by atoms with Gasteiger partial charge in [0.05, 0.1) is 0 Å². The zero-order chi connectivity index (χ0) is 10.6. The standard InChI is InChI=1S/C10H20N2O2/c1-3-12(4-2)10(13)14-9-6-5-8(11)7-9/h8-9H,3-7,11H2,1-2H3. The maximum atomic E-state index is 11.5. The summed E-state index contributed by atoms with van der Waals surface area (Å²) in [6, 6.07) is 0.213. The molecule has 0 radical (unpaired) electrons. The molecule has 0 aliphatic heterocycles. The third kappa shape index (κ3) is 2.87. The first kappa shape index (κ1) is 11.3. The highest BCUT2D eigenvalue weighted by atomic mass is 16.6. The van der Waals surface area contributed by atoms with Gasteiger partial charge in [-0.25, -0.2) is 4.79 Å². The number of carbonyl (C=O) groups is 1. The molecule has 1 amide bonds. The Morgan fingerprint density at radius 1 is 1.43 bits per heavy atom. The van der Waals surface area contributed by atoms with Gasteiger partial charge in [0.2, 0.25) is 0 Å². The minimum absolute atomic E-state index is 0.0399. The third-order valence-electron chi connectivity index (χ3n) is 2.71. The van der Waals surface area contributed by atoms with Crippen LogP contribution in [-0.2, 0) is 4.74 Å². The molecule has 0 heterocycles. The second-order valence-electron chi connectivity index (χ2n) is 3.75. The van der Waals surface area contributed by atoms with Crippen LogP contribution in [0.15, 0.2) is 0 Å². The Morgan fingerprint density at radius 2 is 2.07 bits per heavy atom. The SMILES string of the molecule is CCN(CC)C(=O)OC1CCC(N)C1. The number of hydrogen-bond donors (Lipinski definition) is 1. The summed E-state index contributed by atoms with van der Waals surface area (Å²) in [5.41, 5.74) is 5.74. The van der Waals surface area contributed by atoms with E-state index < -0.39 is 0 Å². The quantitative estimate of drug-likeness (QED) is 0.748. The lowest BCUT2D eigenvalue weighted by atomic mass is 10.3. The van der Waals surface area contributed by atoms with Gasteiger partial charge in [0, 0.05) is 19.1 Å². The van der Waals surface area contributed by atoms with Crippen molar-refractivity contribution in [3.8, 4) is 0 Å². The average Bonchev–Trinajstić information content (AvgIpc) is 2.53. The van der Waals surface area contributed by atoms with Crippen LogP contribution < -0.4 is 5.73 Å². The largest absolute Gasteiger partial charge is 0.446 e. The highest BCUT2D eigenvalue weighted by molar-refractivity contribution is 5.67. The fraction of sp³-hybridized carbons (Fsp3) is 0.900. The lowest BCUT2D eigenvalue weighted by molar-refractivity contribution is 0.0677. The summed E-state index contributed by atoms with van der Waals surface area (Å²) in [6.45, 7) is 5.30. The summed E-state index contributed by atoms with van der Waals surface area (Å²) in [7, 11) is 0. The Kier molecular flexibility index (Phi) is 4.20. The first-order valence-corrected chi connectivity index (χ1v) is 5.38. The molecule has 0 aromatic rings. The minimum atomic E-state index is -0.200. The summed E-state index contributed by atoms with van der Waals surface area (Å²) in [5, 5.41) is 0. The van der Waals surface area contributed by atoms with Crippen LogP contribution in [0.3, 0.4) is 0 Å². The van der Waals surface area contributed by atoms with Crippen LogP contribution in [0.1, 0.15) is 33.1 Å². The van der Waals surface area contributed by atoms with E-state index in [0.717, 1.165) is 19.3 Å². The molecule has 1 saturated carbocycles. The molecule has 1 aliphatic rings. The van der Waals surface area contributed by atoms with E-state index in [1.807, 2.05) is 13.8 Å². The Morgan fingerprint density at radius 3 is 2.50 bits per heavy atom. The van der Waals surface area contributed by atoms with Crippen LogP contribution in [0.4, 0.5) is 4.79 Å². The van der Waals surface area contributed by atoms with E-state index in [9.17, 15) is 4.79 Å². The minimum Gasteiger partial charge on any atom is -0.446 e. The van der Waals surface area contributed by atoms with Crippen molar-refractivity contribution in [2.75, 3.05) is 13.1 Å². The maximum Gasteiger partial charge on any atom is 0.410 e. The van der Waals surface area contributed by atoms with Crippen LogP contribution in [0.2, 0.25) is 0 Å². The highest BCUT2D eigenvalue weighted by Gasteiger charge is 2.26. The molecule has 82 valence electrons. The number of carbonyl (C=O) groups excluding carboxylic acids is 1. The molecule has 14 heavy (non-hydrogen) atoms. The predicted molar refractivity (Wildman–Crippen MR) is 55.0 cm³/mol. The van der Waals surface area contributed by atoms with Gasteiger partial charge in [0.1, 0.15) is 6.10 Å². The van der Waals surface area contributed by atoms with Crippen LogP contribution in [0, 0.1) is 0 Å².